The van der Waals surface area contributed by atoms with Crippen LogP contribution in [0.2, 0.25) is 4.34 Å². The highest BCUT2D eigenvalue weighted by Gasteiger charge is 2.31. The Morgan fingerprint density at radius 1 is 1.17 bits per heavy atom. The molecule has 1 aliphatic heterocycles. The van der Waals surface area contributed by atoms with Crippen molar-refractivity contribution in [3.63, 3.8) is 0 Å². The van der Waals surface area contributed by atoms with E-state index in [1.165, 1.54) is 29.0 Å². The van der Waals surface area contributed by atoms with E-state index in [-0.39, 0.29) is 28.9 Å². The number of sulfonamides is 1. The number of amides is 1. The van der Waals surface area contributed by atoms with Crippen molar-refractivity contribution in [2.75, 3.05) is 26.2 Å². The molecule has 0 spiro atoms. The number of carbonyl (C=O) groups excluding carboxylic acids is 1. The minimum absolute atomic E-state index is 0.219. The molecule has 3 heterocycles. The number of rotatable bonds is 3. The fraction of sp³-hybridized carbons (Fsp3) is 0.308. The van der Waals surface area contributed by atoms with Crippen LogP contribution in [0.4, 0.5) is 0 Å². The van der Waals surface area contributed by atoms with Gasteiger partial charge in [0.25, 0.3) is 15.9 Å². The Kier molecular flexibility index (Phi) is 4.62. The van der Waals surface area contributed by atoms with Crippen molar-refractivity contribution in [3.05, 3.63) is 40.8 Å². The van der Waals surface area contributed by atoms with E-state index >= 15 is 0 Å². The van der Waals surface area contributed by atoms with Gasteiger partial charge < -0.3 is 4.90 Å². The largest absolute Gasteiger partial charge is 0.335 e. The number of hydrogen-bond acceptors (Lipinski definition) is 6. The van der Waals surface area contributed by atoms with E-state index in [1.54, 1.807) is 11.0 Å². The van der Waals surface area contributed by atoms with Crippen molar-refractivity contribution in [1.29, 1.82) is 0 Å². The highest BCUT2D eigenvalue weighted by molar-refractivity contribution is 7.91. The van der Waals surface area contributed by atoms with Gasteiger partial charge in [-0.15, -0.1) is 11.3 Å². The second-order valence-electron chi connectivity index (χ2n) is 4.85. The van der Waals surface area contributed by atoms with Crippen molar-refractivity contribution in [2.24, 2.45) is 0 Å². The van der Waals surface area contributed by atoms with Gasteiger partial charge in [-0.3, -0.25) is 9.78 Å². The molecule has 0 aliphatic carbocycles. The Bertz CT molecular complexity index is 802. The zero-order valence-electron chi connectivity index (χ0n) is 11.9. The molecule has 2 aromatic rings. The summed E-state index contributed by atoms with van der Waals surface area (Å²) in [6, 6.07) is 3.06. The van der Waals surface area contributed by atoms with E-state index < -0.39 is 10.0 Å². The summed E-state index contributed by atoms with van der Waals surface area (Å²) < 4.78 is 27.0. The molecule has 23 heavy (non-hydrogen) atoms. The molecule has 0 unspecified atom stereocenters. The van der Waals surface area contributed by atoms with Crippen molar-refractivity contribution in [3.8, 4) is 0 Å². The summed E-state index contributed by atoms with van der Waals surface area (Å²) in [7, 11) is -3.55. The van der Waals surface area contributed by atoms with E-state index in [0.717, 1.165) is 11.3 Å². The summed E-state index contributed by atoms with van der Waals surface area (Å²) in [6.07, 6.45) is 4.35. The lowest BCUT2D eigenvalue weighted by atomic mass is 10.3. The normalized spacial score (nSPS) is 16.5. The average molecular weight is 373 g/mol. The molecule has 0 N–H and O–H groups in total. The van der Waals surface area contributed by atoms with Crippen LogP contribution >= 0.6 is 22.9 Å². The summed E-state index contributed by atoms with van der Waals surface area (Å²) >= 11 is 6.84. The van der Waals surface area contributed by atoms with Gasteiger partial charge in [0.15, 0.2) is 0 Å². The third kappa shape index (κ3) is 3.37. The van der Waals surface area contributed by atoms with Gasteiger partial charge in [-0.2, -0.15) is 4.31 Å². The number of carbonyl (C=O) groups is 1. The van der Waals surface area contributed by atoms with Crippen molar-refractivity contribution in [1.82, 2.24) is 19.2 Å². The van der Waals surface area contributed by atoms with E-state index in [0.29, 0.717) is 17.4 Å². The Labute approximate surface area is 142 Å². The molecule has 0 atom stereocenters. The van der Waals surface area contributed by atoms with Gasteiger partial charge in [-0.05, 0) is 12.1 Å². The number of thiophene rings is 1. The maximum absolute atomic E-state index is 12.5. The highest BCUT2D eigenvalue weighted by atomic mass is 35.5. The second kappa shape index (κ2) is 6.52. The first-order valence-corrected chi connectivity index (χ1v) is 9.43. The smallest absolute Gasteiger partial charge is 0.274 e. The van der Waals surface area contributed by atoms with Crippen molar-refractivity contribution < 1.29 is 13.2 Å². The molecular formula is C13H13ClN4O3S2. The molecule has 0 bridgehead atoms. The summed E-state index contributed by atoms with van der Waals surface area (Å²) in [5, 5.41) is 0. The third-order valence-electron chi connectivity index (χ3n) is 3.45. The predicted molar refractivity (Wildman–Crippen MR) is 86.0 cm³/mol. The van der Waals surface area contributed by atoms with Crippen LogP contribution in [0.3, 0.4) is 0 Å². The molecular weight excluding hydrogens is 360 g/mol. The lowest BCUT2D eigenvalue weighted by Gasteiger charge is -2.33. The molecule has 122 valence electrons. The van der Waals surface area contributed by atoms with Crippen molar-refractivity contribution >= 4 is 38.9 Å². The van der Waals surface area contributed by atoms with E-state index in [2.05, 4.69) is 9.97 Å². The van der Waals surface area contributed by atoms with Crippen LogP contribution < -0.4 is 0 Å². The zero-order chi connectivity index (χ0) is 16.4. The second-order valence-corrected chi connectivity index (χ2v) is 8.73. The standard InChI is InChI=1S/C13H13ClN4O3S2/c14-11-1-2-12(22-11)23(20,21)18-7-5-17(6-8-18)13(19)10-9-15-3-4-16-10/h1-4,9H,5-8H2. The fourth-order valence-electron chi connectivity index (χ4n) is 2.27. The molecule has 1 fully saturated rings. The molecule has 3 rings (SSSR count). The first-order valence-electron chi connectivity index (χ1n) is 6.79. The van der Waals surface area contributed by atoms with Gasteiger partial charge in [0, 0.05) is 38.6 Å². The lowest BCUT2D eigenvalue weighted by molar-refractivity contribution is 0.0691. The van der Waals surface area contributed by atoms with Gasteiger partial charge in [-0.1, -0.05) is 11.6 Å². The Hall–Kier alpha value is -1.55. The summed E-state index contributed by atoms with van der Waals surface area (Å²) in [4.78, 5) is 21.7. The number of hydrogen-bond donors (Lipinski definition) is 0. The number of piperazine rings is 1. The Balaban J connectivity index is 1.68. The van der Waals surface area contributed by atoms with E-state index in [1.807, 2.05) is 0 Å². The van der Waals surface area contributed by atoms with Crippen LogP contribution in [-0.2, 0) is 10.0 Å². The molecule has 0 aromatic carbocycles. The third-order valence-corrected chi connectivity index (χ3v) is 7.05. The van der Waals surface area contributed by atoms with Crippen LogP contribution in [0.1, 0.15) is 10.5 Å². The highest BCUT2D eigenvalue weighted by Crippen LogP contribution is 2.28. The molecule has 1 aliphatic rings. The summed E-state index contributed by atoms with van der Waals surface area (Å²) in [6.45, 7) is 1.11. The van der Waals surface area contributed by atoms with Gasteiger partial charge >= 0.3 is 0 Å². The molecule has 2 aromatic heterocycles. The monoisotopic (exact) mass is 372 g/mol. The lowest BCUT2D eigenvalue weighted by Crippen LogP contribution is -2.50. The minimum Gasteiger partial charge on any atom is -0.335 e. The SMILES string of the molecule is O=C(c1cnccn1)N1CCN(S(=O)(=O)c2ccc(Cl)s2)CC1. The summed E-state index contributed by atoms with van der Waals surface area (Å²) in [5.74, 6) is -0.241. The molecule has 0 saturated carbocycles. The topological polar surface area (TPSA) is 83.5 Å². The molecule has 0 radical (unpaired) electrons. The Morgan fingerprint density at radius 2 is 1.91 bits per heavy atom. The van der Waals surface area contributed by atoms with E-state index in [4.69, 9.17) is 11.6 Å². The molecule has 1 amide bonds. The molecule has 7 nitrogen and oxygen atoms in total. The van der Waals surface area contributed by atoms with Gasteiger partial charge in [0.05, 0.1) is 10.5 Å². The Morgan fingerprint density at radius 3 is 2.48 bits per heavy atom. The van der Waals surface area contributed by atoms with Crippen LogP contribution in [-0.4, -0.2) is 59.7 Å². The quantitative estimate of drug-likeness (QED) is 0.811. The predicted octanol–water partition coefficient (Wildman–Crippen LogP) is 1.34. The van der Waals surface area contributed by atoms with Crippen LogP contribution in [0.5, 0.6) is 0 Å². The molecule has 1 saturated heterocycles. The first kappa shape index (κ1) is 16.3. The average Bonchev–Trinajstić information content (AvgIpc) is 3.02. The number of halogens is 1. The maximum atomic E-state index is 12.5. The fourth-order valence-corrected chi connectivity index (χ4v) is 5.33. The first-order chi connectivity index (χ1) is 11.0. The van der Waals surface area contributed by atoms with Crippen molar-refractivity contribution in [2.45, 2.75) is 4.21 Å². The van der Waals surface area contributed by atoms with Gasteiger partial charge in [0.1, 0.15) is 9.90 Å². The number of nitrogens with zero attached hydrogens (tertiary/aromatic N) is 4. The van der Waals surface area contributed by atoms with Gasteiger partial charge in [0.2, 0.25) is 0 Å². The number of aromatic nitrogens is 2. The minimum atomic E-state index is -3.55. The van der Waals surface area contributed by atoms with Crippen LogP contribution in [0.25, 0.3) is 0 Å². The van der Waals surface area contributed by atoms with Crippen LogP contribution in [0, 0.1) is 0 Å². The summed E-state index contributed by atoms with van der Waals surface area (Å²) in [5.41, 5.74) is 0.258. The zero-order valence-corrected chi connectivity index (χ0v) is 14.3. The maximum Gasteiger partial charge on any atom is 0.274 e. The van der Waals surface area contributed by atoms with E-state index in [9.17, 15) is 13.2 Å². The van der Waals surface area contributed by atoms with Crippen LogP contribution in [0.15, 0.2) is 34.9 Å². The van der Waals surface area contributed by atoms with Gasteiger partial charge in [-0.25, -0.2) is 13.4 Å². The molecule has 10 heteroatoms.